The summed E-state index contributed by atoms with van der Waals surface area (Å²) in [5.74, 6) is 1.47. The van der Waals surface area contributed by atoms with Gasteiger partial charge in [0.1, 0.15) is 0 Å². The molecule has 1 aliphatic heterocycles. The predicted octanol–water partition coefficient (Wildman–Crippen LogP) is 4.59. The van der Waals surface area contributed by atoms with Gasteiger partial charge in [0.15, 0.2) is 11.7 Å². The highest BCUT2D eigenvalue weighted by Gasteiger charge is 2.21. The molecule has 1 aliphatic rings. The highest BCUT2D eigenvalue weighted by atomic mass is 16.5. The summed E-state index contributed by atoms with van der Waals surface area (Å²) < 4.78 is 11.6. The Kier molecular flexibility index (Phi) is 7.92. The van der Waals surface area contributed by atoms with Gasteiger partial charge in [-0.1, -0.05) is 54.6 Å². The molecular formula is C27H33N3O3. The zero-order valence-corrected chi connectivity index (χ0v) is 19.5. The zero-order chi connectivity index (χ0) is 23.0. The summed E-state index contributed by atoms with van der Waals surface area (Å²) in [6.07, 6.45) is 4.10. The molecule has 2 atom stereocenters. The van der Waals surface area contributed by atoms with Crippen LogP contribution >= 0.6 is 0 Å². The lowest BCUT2D eigenvalue weighted by Gasteiger charge is -2.35. The molecule has 1 fully saturated rings. The molecule has 0 bridgehead atoms. The van der Waals surface area contributed by atoms with E-state index >= 15 is 0 Å². The number of benzene rings is 2. The van der Waals surface area contributed by atoms with E-state index in [4.69, 9.17) is 9.15 Å². The monoisotopic (exact) mass is 447 g/mol. The normalized spacial score (nSPS) is 18.8. The van der Waals surface area contributed by atoms with Crippen molar-refractivity contribution in [2.75, 3.05) is 13.1 Å². The Morgan fingerprint density at radius 2 is 1.73 bits per heavy atom. The summed E-state index contributed by atoms with van der Waals surface area (Å²) in [5.41, 5.74) is 3.40. The van der Waals surface area contributed by atoms with Crippen LogP contribution in [0.1, 0.15) is 43.7 Å². The molecule has 1 aromatic heterocycles. The SMILES string of the molecule is C[C@H]1CN(Cc2ccc(CNC(=O)CCCc3ncc(-c4ccccc4)o3)cc2)C[C@H](C)O1. The fourth-order valence-corrected chi connectivity index (χ4v) is 4.29. The van der Waals surface area contributed by atoms with Gasteiger partial charge in [0, 0.05) is 44.6 Å². The van der Waals surface area contributed by atoms with Gasteiger partial charge in [-0.2, -0.15) is 0 Å². The molecule has 6 heteroatoms. The van der Waals surface area contributed by atoms with Crippen LogP contribution in [0.2, 0.25) is 0 Å². The fourth-order valence-electron chi connectivity index (χ4n) is 4.29. The van der Waals surface area contributed by atoms with Crippen molar-refractivity contribution >= 4 is 5.91 Å². The topological polar surface area (TPSA) is 67.6 Å². The molecule has 0 aliphatic carbocycles. The zero-order valence-electron chi connectivity index (χ0n) is 19.5. The number of nitrogens with one attached hydrogen (secondary N) is 1. The van der Waals surface area contributed by atoms with E-state index in [1.807, 2.05) is 30.3 Å². The van der Waals surface area contributed by atoms with Crippen molar-refractivity contribution in [1.29, 1.82) is 0 Å². The van der Waals surface area contributed by atoms with Crippen LogP contribution in [0.4, 0.5) is 0 Å². The Bertz CT molecular complexity index is 1010. The van der Waals surface area contributed by atoms with Gasteiger partial charge in [0.05, 0.1) is 18.4 Å². The number of hydrogen-bond acceptors (Lipinski definition) is 5. The van der Waals surface area contributed by atoms with Gasteiger partial charge < -0.3 is 14.5 Å². The van der Waals surface area contributed by atoms with Crippen LogP contribution in [0.15, 0.2) is 65.2 Å². The Labute approximate surface area is 196 Å². The van der Waals surface area contributed by atoms with Crippen molar-refractivity contribution in [3.05, 3.63) is 77.8 Å². The second-order valence-corrected chi connectivity index (χ2v) is 8.88. The maximum atomic E-state index is 12.2. The third-order valence-corrected chi connectivity index (χ3v) is 5.82. The molecule has 0 unspecified atom stereocenters. The first kappa shape index (κ1) is 23.2. The van der Waals surface area contributed by atoms with Crippen LogP contribution in [0.3, 0.4) is 0 Å². The minimum Gasteiger partial charge on any atom is -0.441 e. The minimum absolute atomic E-state index is 0.0465. The Hall–Kier alpha value is -2.96. The molecule has 1 N–H and O–H groups in total. The molecule has 3 aromatic rings. The average molecular weight is 448 g/mol. The molecule has 2 aromatic carbocycles. The predicted molar refractivity (Wildman–Crippen MR) is 128 cm³/mol. The molecular weight excluding hydrogens is 414 g/mol. The van der Waals surface area contributed by atoms with Crippen LogP contribution in [-0.2, 0) is 29.0 Å². The summed E-state index contributed by atoms with van der Waals surface area (Å²) in [6.45, 7) is 7.65. The van der Waals surface area contributed by atoms with E-state index in [-0.39, 0.29) is 18.1 Å². The van der Waals surface area contributed by atoms with Crippen molar-refractivity contribution < 1.29 is 13.9 Å². The number of aromatic nitrogens is 1. The maximum Gasteiger partial charge on any atom is 0.220 e. The Balaban J connectivity index is 1.16. The van der Waals surface area contributed by atoms with E-state index in [0.717, 1.165) is 36.5 Å². The van der Waals surface area contributed by atoms with Gasteiger partial charge in [0.25, 0.3) is 0 Å². The number of rotatable bonds is 9. The summed E-state index contributed by atoms with van der Waals surface area (Å²) in [6, 6.07) is 18.4. The number of carbonyl (C=O) groups is 1. The van der Waals surface area contributed by atoms with E-state index in [9.17, 15) is 4.79 Å². The quantitative estimate of drug-likeness (QED) is 0.520. The molecule has 1 saturated heterocycles. The standard InChI is InChI=1S/C27H33N3O3/c1-20-17-30(18-21(2)32-20)19-23-13-11-22(12-14-23)15-28-26(31)9-6-10-27-29-16-25(33-27)24-7-4-3-5-8-24/h3-5,7-8,11-14,16,20-21H,6,9-10,15,17-19H2,1-2H3,(H,28,31)/t20-,21-/m0/s1. The molecule has 174 valence electrons. The van der Waals surface area contributed by atoms with E-state index in [2.05, 4.69) is 53.3 Å². The van der Waals surface area contributed by atoms with E-state index in [1.54, 1.807) is 6.20 Å². The average Bonchev–Trinajstić information content (AvgIpc) is 3.27. The van der Waals surface area contributed by atoms with Gasteiger partial charge in [-0.25, -0.2) is 4.98 Å². The Morgan fingerprint density at radius 1 is 1.03 bits per heavy atom. The second kappa shape index (κ2) is 11.3. The van der Waals surface area contributed by atoms with Crippen molar-refractivity contribution in [3.8, 4) is 11.3 Å². The van der Waals surface area contributed by atoms with Gasteiger partial charge in [-0.3, -0.25) is 9.69 Å². The molecule has 4 rings (SSSR count). The van der Waals surface area contributed by atoms with Gasteiger partial charge in [-0.05, 0) is 31.4 Å². The van der Waals surface area contributed by atoms with Gasteiger partial charge >= 0.3 is 0 Å². The lowest BCUT2D eigenvalue weighted by Crippen LogP contribution is -2.44. The van der Waals surface area contributed by atoms with E-state index in [1.165, 1.54) is 5.56 Å². The van der Waals surface area contributed by atoms with Crippen LogP contribution < -0.4 is 5.32 Å². The summed E-state index contributed by atoms with van der Waals surface area (Å²) in [4.78, 5) is 19.0. The number of nitrogens with zero attached hydrogens (tertiary/aromatic N) is 2. The summed E-state index contributed by atoms with van der Waals surface area (Å²) in [5, 5.41) is 3.01. The largest absolute Gasteiger partial charge is 0.441 e. The number of ether oxygens (including phenoxy) is 1. The van der Waals surface area contributed by atoms with Crippen molar-refractivity contribution in [1.82, 2.24) is 15.2 Å². The van der Waals surface area contributed by atoms with E-state index < -0.39 is 0 Å². The van der Waals surface area contributed by atoms with Crippen molar-refractivity contribution in [2.24, 2.45) is 0 Å². The van der Waals surface area contributed by atoms with Gasteiger partial charge in [0.2, 0.25) is 5.91 Å². The molecule has 6 nitrogen and oxygen atoms in total. The van der Waals surface area contributed by atoms with Crippen molar-refractivity contribution in [2.45, 2.75) is 58.4 Å². The number of oxazole rings is 1. The maximum absolute atomic E-state index is 12.2. The molecule has 1 amide bonds. The first-order valence-electron chi connectivity index (χ1n) is 11.8. The summed E-state index contributed by atoms with van der Waals surface area (Å²) >= 11 is 0. The molecule has 0 saturated carbocycles. The van der Waals surface area contributed by atoms with Crippen LogP contribution in [0.5, 0.6) is 0 Å². The van der Waals surface area contributed by atoms with E-state index in [0.29, 0.717) is 31.7 Å². The third kappa shape index (κ3) is 7.01. The van der Waals surface area contributed by atoms with Crippen molar-refractivity contribution in [3.63, 3.8) is 0 Å². The molecule has 0 spiro atoms. The lowest BCUT2D eigenvalue weighted by atomic mass is 10.1. The third-order valence-electron chi connectivity index (χ3n) is 5.82. The number of morpholine rings is 1. The van der Waals surface area contributed by atoms with Crippen LogP contribution in [0, 0.1) is 0 Å². The minimum atomic E-state index is 0.0465. The first-order valence-corrected chi connectivity index (χ1v) is 11.8. The molecule has 33 heavy (non-hydrogen) atoms. The highest BCUT2D eigenvalue weighted by molar-refractivity contribution is 5.75. The number of aryl methyl sites for hydroxylation is 1. The van der Waals surface area contributed by atoms with Gasteiger partial charge in [-0.15, -0.1) is 0 Å². The lowest BCUT2D eigenvalue weighted by molar-refractivity contribution is -0.121. The fraction of sp³-hybridized carbons (Fsp3) is 0.407. The number of hydrogen-bond donors (Lipinski definition) is 1. The molecule has 0 radical (unpaired) electrons. The first-order chi connectivity index (χ1) is 16.0. The Morgan fingerprint density at radius 3 is 2.45 bits per heavy atom. The van der Waals surface area contributed by atoms with Crippen LogP contribution in [-0.4, -0.2) is 41.1 Å². The second-order valence-electron chi connectivity index (χ2n) is 8.88. The smallest absolute Gasteiger partial charge is 0.220 e. The highest BCUT2D eigenvalue weighted by Crippen LogP contribution is 2.20. The number of carbonyl (C=O) groups excluding carboxylic acids is 1. The summed E-state index contributed by atoms with van der Waals surface area (Å²) in [7, 11) is 0. The molecule has 2 heterocycles. The van der Waals surface area contributed by atoms with Crippen LogP contribution in [0.25, 0.3) is 11.3 Å². The number of amides is 1.